The summed E-state index contributed by atoms with van der Waals surface area (Å²) >= 11 is 0. The number of halogens is 1. The third-order valence-electron chi connectivity index (χ3n) is 5.44. The first kappa shape index (κ1) is 19.4. The van der Waals surface area contributed by atoms with E-state index in [-0.39, 0.29) is 36.3 Å². The summed E-state index contributed by atoms with van der Waals surface area (Å²) < 4.78 is 18.3. The highest BCUT2D eigenvalue weighted by Crippen LogP contribution is 2.27. The van der Waals surface area contributed by atoms with Crippen molar-refractivity contribution in [2.45, 2.75) is 57.2 Å². The fraction of sp³-hybridized carbons (Fsp3) is 0.500. The second-order valence-corrected chi connectivity index (χ2v) is 7.66. The molecule has 29 heavy (non-hydrogen) atoms. The Hall–Kier alpha value is -2.97. The molecule has 1 aliphatic carbocycles. The maximum atomic E-state index is 13.0. The molecule has 154 valence electrons. The minimum atomic E-state index is -0.302. The van der Waals surface area contributed by atoms with Crippen molar-refractivity contribution >= 4 is 11.9 Å². The molecule has 1 aliphatic heterocycles. The van der Waals surface area contributed by atoms with Gasteiger partial charge in [0.25, 0.3) is 0 Å². The van der Waals surface area contributed by atoms with Crippen LogP contribution in [0.15, 0.2) is 28.8 Å². The molecular weight excluding hydrogens is 377 g/mol. The van der Waals surface area contributed by atoms with Crippen LogP contribution >= 0.6 is 0 Å². The molecule has 0 bridgehead atoms. The summed E-state index contributed by atoms with van der Waals surface area (Å²) in [6.07, 6.45) is 4.63. The summed E-state index contributed by atoms with van der Waals surface area (Å²) in [4.78, 5) is 30.3. The number of benzene rings is 1. The molecule has 1 aromatic carbocycles. The molecule has 3 amide bonds. The molecule has 9 heteroatoms. The molecule has 2 aliphatic rings. The van der Waals surface area contributed by atoms with E-state index in [0.717, 1.165) is 31.2 Å². The van der Waals surface area contributed by atoms with E-state index in [2.05, 4.69) is 20.8 Å². The van der Waals surface area contributed by atoms with Crippen LogP contribution in [0.5, 0.6) is 0 Å². The van der Waals surface area contributed by atoms with Gasteiger partial charge in [0.1, 0.15) is 5.82 Å². The van der Waals surface area contributed by atoms with E-state index in [1.54, 1.807) is 17.0 Å². The predicted octanol–water partition coefficient (Wildman–Crippen LogP) is 2.47. The van der Waals surface area contributed by atoms with E-state index in [0.29, 0.717) is 31.2 Å². The van der Waals surface area contributed by atoms with Crippen molar-refractivity contribution < 1.29 is 18.5 Å². The number of carbonyl (C=O) groups is 2. The van der Waals surface area contributed by atoms with Crippen LogP contribution in [0.3, 0.4) is 0 Å². The highest BCUT2D eigenvalue weighted by molar-refractivity contribution is 5.79. The number of urea groups is 1. The highest BCUT2D eigenvalue weighted by atomic mass is 19.1. The Morgan fingerprint density at radius 1 is 1.24 bits per heavy atom. The first-order chi connectivity index (χ1) is 14.1. The van der Waals surface area contributed by atoms with Crippen molar-refractivity contribution in [3.05, 3.63) is 47.4 Å². The van der Waals surface area contributed by atoms with Crippen molar-refractivity contribution in [2.75, 3.05) is 6.54 Å². The molecule has 2 heterocycles. The van der Waals surface area contributed by atoms with Crippen molar-refractivity contribution in [1.29, 1.82) is 0 Å². The summed E-state index contributed by atoms with van der Waals surface area (Å²) in [5.74, 6) is 0.315. The summed E-state index contributed by atoms with van der Waals surface area (Å²) in [6.45, 7) is 1.04. The van der Waals surface area contributed by atoms with Gasteiger partial charge in [0.2, 0.25) is 11.8 Å². The zero-order chi connectivity index (χ0) is 20.2. The number of nitrogens with zero attached hydrogens (tertiary/aromatic N) is 3. The van der Waals surface area contributed by atoms with Crippen LogP contribution in [0.4, 0.5) is 9.18 Å². The maximum Gasteiger partial charge on any atom is 0.315 e. The number of hydrogen-bond donors (Lipinski definition) is 2. The Bertz CT molecular complexity index is 863. The molecule has 2 fully saturated rings. The van der Waals surface area contributed by atoms with Crippen LogP contribution in [0.2, 0.25) is 0 Å². The number of aromatic nitrogens is 2. The largest absolute Gasteiger partial charge is 0.338 e. The molecule has 0 spiro atoms. The smallest absolute Gasteiger partial charge is 0.315 e. The second-order valence-electron chi connectivity index (χ2n) is 7.66. The van der Waals surface area contributed by atoms with Crippen LogP contribution < -0.4 is 10.6 Å². The lowest BCUT2D eigenvalue weighted by Gasteiger charge is -2.16. The van der Waals surface area contributed by atoms with E-state index >= 15 is 0 Å². The quantitative estimate of drug-likeness (QED) is 0.775. The first-order valence-electron chi connectivity index (χ1n) is 9.96. The van der Waals surface area contributed by atoms with Crippen LogP contribution in [0.1, 0.15) is 55.3 Å². The Morgan fingerprint density at radius 3 is 2.76 bits per heavy atom. The van der Waals surface area contributed by atoms with Crippen LogP contribution in [0, 0.1) is 5.82 Å². The molecule has 2 N–H and O–H groups in total. The number of hydrogen-bond acceptors (Lipinski definition) is 5. The van der Waals surface area contributed by atoms with Gasteiger partial charge in [0, 0.05) is 31.5 Å². The van der Waals surface area contributed by atoms with Crippen LogP contribution in [0.25, 0.3) is 0 Å². The van der Waals surface area contributed by atoms with Crippen LogP contribution in [-0.4, -0.2) is 39.6 Å². The Balaban J connectivity index is 1.28. The lowest BCUT2D eigenvalue weighted by Crippen LogP contribution is -2.40. The third kappa shape index (κ3) is 4.90. The fourth-order valence-electron chi connectivity index (χ4n) is 3.88. The number of amides is 3. The van der Waals surface area contributed by atoms with Crippen molar-refractivity contribution in [3.8, 4) is 0 Å². The molecular formula is C20H24FN5O3. The predicted molar refractivity (Wildman–Crippen MR) is 101 cm³/mol. The SMILES string of the molecule is O=C(NCc1nc([C@@H]2CC(=O)N(Cc3ccc(F)cc3)C2)no1)NC1CCCC1. The molecule has 0 radical (unpaired) electrons. The average Bonchev–Trinajstić information content (AvgIpc) is 3.44. The number of carbonyl (C=O) groups excluding carboxylic acids is 2. The molecule has 2 aromatic rings. The first-order valence-corrected chi connectivity index (χ1v) is 9.96. The van der Waals surface area contributed by atoms with E-state index in [9.17, 15) is 14.0 Å². The van der Waals surface area contributed by atoms with Gasteiger partial charge >= 0.3 is 6.03 Å². The number of likely N-dealkylation sites (tertiary alicyclic amines) is 1. The van der Waals surface area contributed by atoms with Crippen molar-refractivity contribution in [1.82, 2.24) is 25.7 Å². The molecule has 1 aromatic heterocycles. The van der Waals surface area contributed by atoms with Crippen molar-refractivity contribution in [3.63, 3.8) is 0 Å². The zero-order valence-corrected chi connectivity index (χ0v) is 16.1. The monoisotopic (exact) mass is 401 g/mol. The van der Waals surface area contributed by atoms with E-state index in [4.69, 9.17) is 4.52 Å². The lowest BCUT2D eigenvalue weighted by molar-refractivity contribution is -0.128. The molecule has 0 unspecified atom stereocenters. The van der Waals surface area contributed by atoms with E-state index < -0.39 is 0 Å². The summed E-state index contributed by atoms with van der Waals surface area (Å²) in [5.41, 5.74) is 0.867. The summed E-state index contributed by atoms with van der Waals surface area (Å²) in [5, 5.41) is 9.65. The van der Waals surface area contributed by atoms with Gasteiger partial charge < -0.3 is 20.1 Å². The fourth-order valence-corrected chi connectivity index (χ4v) is 3.88. The van der Waals surface area contributed by atoms with E-state index in [1.807, 2.05) is 0 Å². The topological polar surface area (TPSA) is 100 Å². The highest BCUT2D eigenvalue weighted by Gasteiger charge is 2.33. The Morgan fingerprint density at radius 2 is 2.00 bits per heavy atom. The van der Waals surface area contributed by atoms with Gasteiger partial charge in [0.15, 0.2) is 5.82 Å². The average molecular weight is 401 g/mol. The van der Waals surface area contributed by atoms with Gasteiger partial charge in [0.05, 0.1) is 6.54 Å². The van der Waals surface area contributed by atoms with E-state index in [1.165, 1.54) is 12.1 Å². The Kier molecular flexibility index (Phi) is 5.73. The van der Waals surface area contributed by atoms with Gasteiger partial charge in [-0.3, -0.25) is 4.79 Å². The zero-order valence-electron chi connectivity index (χ0n) is 16.1. The molecule has 1 atom stereocenters. The third-order valence-corrected chi connectivity index (χ3v) is 5.44. The van der Waals surface area contributed by atoms with Gasteiger partial charge in [-0.25, -0.2) is 9.18 Å². The second kappa shape index (κ2) is 8.59. The standard InChI is InChI=1S/C20H24FN5O3/c21-15-7-5-13(6-8-15)11-26-12-14(9-18(26)27)19-24-17(29-25-19)10-22-20(28)23-16-3-1-2-4-16/h5-8,14,16H,1-4,9-12H2,(H2,22,23,28)/t14-/m1/s1. The number of rotatable bonds is 6. The van der Waals surface area contributed by atoms with Crippen LogP contribution in [-0.2, 0) is 17.9 Å². The van der Waals surface area contributed by atoms with Crippen molar-refractivity contribution in [2.24, 2.45) is 0 Å². The Labute approximate surface area is 167 Å². The van der Waals surface area contributed by atoms with Gasteiger partial charge in [-0.05, 0) is 30.5 Å². The molecule has 1 saturated heterocycles. The maximum absolute atomic E-state index is 13.0. The summed E-state index contributed by atoms with van der Waals surface area (Å²) in [6, 6.07) is 6.11. The minimum absolute atomic E-state index is 0.000239. The molecule has 4 rings (SSSR count). The van der Waals surface area contributed by atoms with Gasteiger partial charge in [-0.15, -0.1) is 0 Å². The van der Waals surface area contributed by atoms with Gasteiger partial charge in [-0.2, -0.15) is 4.98 Å². The normalized spacial score (nSPS) is 19.7. The lowest BCUT2D eigenvalue weighted by atomic mass is 10.1. The summed E-state index contributed by atoms with van der Waals surface area (Å²) in [7, 11) is 0. The van der Waals surface area contributed by atoms with Gasteiger partial charge in [-0.1, -0.05) is 30.1 Å². The minimum Gasteiger partial charge on any atom is -0.338 e. The number of nitrogens with one attached hydrogen (secondary N) is 2. The molecule has 8 nitrogen and oxygen atoms in total. The molecule has 1 saturated carbocycles.